The summed E-state index contributed by atoms with van der Waals surface area (Å²) in [5, 5.41) is 2.41. The van der Waals surface area contributed by atoms with Crippen molar-refractivity contribution in [1.29, 1.82) is 0 Å². The van der Waals surface area contributed by atoms with Crippen LogP contribution in [0.2, 0.25) is 0 Å². The first-order valence-electron chi connectivity index (χ1n) is 4.36. The Kier molecular flexibility index (Phi) is 3.19. The van der Waals surface area contributed by atoms with Gasteiger partial charge in [-0.15, -0.1) is 0 Å². The van der Waals surface area contributed by atoms with Gasteiger partial charge in [-0.3, -0.25) is 19.3 Å². The molecular formula is C8H13N3O3. The number of nitrogens with two attached hydrogens (primary N) is 1. The van der Waals surface area contributed by atoms with Crippen molar-refractivity contribution in [3.05, 3.63) is 0 Å². The van der Waals surface area contributed by atoms with Crippen molar-refractivity contribution in [2.75, 3.05) is 13.6 Å². The highest BCUT2D eigenvalue weighted by molar-refractivity contribution is 6.05. The Morgan fingerprint density at radius 3 is 2.71 bits per heavy atom. The van der Waals surface area contributed by atoms with E-state index in [2.05, 4.69) is 5.32 Å². The van der Waals surface area contributed by atoms with Crippen LogP contribution in [0, 0.1) is 0 Å². The third-order valence-corrected chi connectivity index (χ3v) is 2.12. The lowest BCUT2D eigenvalue weighted by molar-refractivity contribution is -0.139. The molecule has 0 aromatic carbocycles. The number of hydrogen-bond acceptors (Lipinski definition) is 4. The van der Waals surface area contributed by atoms with Gasteiger partial charge in [0.25, 0.3) is 0 Å². The summed E-state index contributed by atoms with van der Waals surface area (Å²) in [5.74, 6) is -0.892. The van der Waals surface area contributed by atoms with Crippen LogP contribution in [-0.4, -0.2) is 42.3 Å². The predicted octanol–water partition coefficient (Wildman–Crippen LogP) is -1.79. The Balaban J connectivity index is 2.48. The summed E-state index contributed by atoms with van der Waals surface area (Å²) in [6.45, 7) is 0.116. The molecule has 1 fully saturated rings. The maximum Gasteiger partial charge on any atom is 0.246 e. The molecule has 0 aromatic heterocycles. The fourth-order valence-electron chi connectivity index (χ4n) is 1.28. The van der Waals surface area contributed by atoms with Crippen LogP contribution >= 0.6 is 0 Å². The maximum absolute atomic E-state index is 11.3. The fourth-order valence-corrected chi connectivity index (χ4v) is 1.28. The molecule has 1 unspecified atom stereocenters. The first-order valence-corrected chi connectivity index (χ1v) is 4.36. The van der Waals surface area contributed by atoms with Gasteiger partial charge in [-0.2, -0.15) is 0 Å². The van der Waals surface area contributed by atoms with E-state index in [1.807, 2.05) is 0 Å². The number of nitrogens with one attached hydrogen (secondary N) is 1. The topological polar surface area (TPSA) is 92.5 Å². The Labute approximate surface area is 81.4 Å². The smallest absolute Gasteiger partial charge is 0.246 e. The third kappa shape index (κ3) is 2.08. The molecule has 3 N–H and O–H groups in total. The van der Waals surface area contributed by atoms with E-state index in [1.165, 1.54) is 7.05 Å². The minimum Gasteiger partial charge on any atom is -0.359 e. The summed E-state index contributed by atoms with van der Waals surface area (Å²) in [5.41, 5.74) is 5.39. The summed E-state index contributed by atoms with van der Waals surface area (Å²) < 4.78 is 0. The van der Waals surface area contributed by atoms with Crippen LogP contribution in [0.3, 0.4) is 0 Å². The van der Waals surface area contributed by atoms with Crippen molar-refractivity contribution in [1.82, 2.24) is 10.2 Å². The molecule has 0 bridgehead atoms. The van der Waals surface area contributed by atoms with Gasteiger partial charge in [0.05, 0.1) is 12.5 Å². The first kappa shape index (κ1) is 10.6. The summed E-state index contributed by atoms with van der Waals surface area (Å²) in [7, 11) is 1.50. The van der Waals surface area contributed by atoms with Crippen molar-refractivity contribution >= 4 is 17.7 Å². The van der Waals surface area contributed by atoms with E-state index in [0.29, 0.717) is 0 Å². The second-order valence-electron chi connectivity index (χ2n) is 3.12. The van der Waals surface area contributed by atoms with E-state index in [4.69, 9.17) is 5.73 Å². The van der Waals surface area contributed by atoms with Gasteiger partial charge in [-0.1, -0.05) is 0 Å². The van der Waals surface area contributed by atoms with E-state index < -0.39 is 6.04 Å². The van der Waals surface area contributed by atoms with Crippen molar-refractivity contribution < 1.29 is 14.4 Å². The maximum atomic E-state index is 11.3. The normalized spacial score (nSPS) is 21.6. The van der Waals surface area contributed by atoms with Crippen LogP contribution in [-0.2, 0) is 14.4 Å². The van der Waals surface area contributed by atoms with Crippen LogP contribution in [0.5, 0.6) is 0 Å². The highest BCUT2D eigenvalue weighted by Gasteiger charge is 2.35. The Morgan fingerprint density at radius 1 is 1.64 bits per heavy atom. The number of carbonyl (C=O) groups is 3. The largest absolute Gasteiger partial charge is 0.359 e. The van der Waals surface area contributed by atoms with Gasteiger partial charge < -0.3 is 11.1 Å². The summed E-state index contributed by atoms with van der Waals surface area (Å²) >= 11 is 0. The van der Waals surface area contributed by atoms with Crippen LogP contribution in [0.15, 0.2) is 0 Å². The van der Waals surface area contributed by atoms with Gasteiger partial charge >= 0.3 is 0 Å². The third-order valence-electron chi connectivity index (χ3n) is 2.12. The number of imide groups is 1. The predicted molar refractivity (Wildman–Crippen MR) is 48.0 cm³/mol. The van der Waals surface area contributed by atoms with E-state index in [1.54, 1.807) is 0 Å². The second-order valence-corrected chi connectivity index (χ2v) is 3.12. The van der Waals surface area contributed by atoms with Crippen LogP contribution in [0.1, 0.15) is 12.8 Å². The number of likely N-dealkylation sites (tertiary alicyclic amines) is 1. The van der Waals surface area contributed by atoms with Gasteiger partial charge in [0.2, 0.25) is 17.7 Å². The molecule has 78 valence electrons. The Bertz CT molecular complexity index is 277. The minimum atomic E-state index is -0.729. The lowest BCUT2D eigenvalue weighted by atomic mass is 10.3. The molecule has 14 heavy (non-hydrogen) atoms. The number of rotatable bonds is 3. The van der Waals surface area contributed by atoms with Crippen molar-refractivity contribution in [2.45, 2.75) is 18.9 Å². The van der Waals surface area contributed by atoms with Gasteiger partial charge in [-0.25, -0.2) is 0 Å². The minimum absolute atomic E-state index is 0.0482. The average Bonchev–Trinajstić information content (AvgIpc) is 2.39. The van der Waals surface area contributed by atoms with Crippen molar-refractivity contribution in [3.63, 3.8) is 0 Å². The lowest BCUT2D eigenvalue weighted by Crippen LogP contribution is -2.37. The summed E-state index contributed by atoms with van der Waals surface area (Å²) in [6.07, 6.45) is 0.174. The molecule has 0 aliphatic carbocycles. The first-order chi connectivity index (χ1) is 6.56. The molecule has 6 heteroatoms. The van der Waals surface area contributed by atoms with Crippen LogP contribution in [0.25, 0.3) is 0 Å². The quantitative estimate of drug-likeness (QED) is 0.525. The molecule has 6 nitrogen and oxygen atoms in total. The van der Waals surface area contributed by atoms with Crippen LogP contribution < -0.4 is 11.1 Å². The average molecular weight is 199 g/mol. The zero-order valence-electron chi connectivity index (χ0n) is 7.95. The van der Waals surface area contributed by atoms with Gasteiger partial charge in [0, 0.05) is 20.0 Å². The molecule has 1 rings (SSSR count). The van der Waals surface area contributed by atoms with Crippen molar-refractivity contribution in [3.8, 4) is 0 Å². The monoisotopic (exact) mass is 199 g/mol. The fraction of sp³-hybridized carbons (Fsp3) is 0.625. The molecule has 1 saturated heterocycles. The van der Waals surface area contributed by atoms with E-state index in [-0.39, 0.29) is 37.1 Å². The highest BCUT2D eigenvalue weighted by atomic mass is 16.2. The molecule has 0 radical (unpaired) electrons. The molecule has 1 atom stereocenters. The SMILES string of the molecule is CNC(=O)CCN1C(=O)CC(N)C1=O. The van der Waals surface area contributed by atoms with E-state index in [0.717, 1.165) is 4.90 Å². The Morgan fingerprint density at radius 2 is 2.29 bits per heavy atom. The standard InChI is InChI=1S/C8H13N3O3/c1-10-6(12)2-3-11-7(13)4-5(9)8(11)14/h5H,2-4,9H2,1H3,(H,10,12). The number of amides is 3. The van der Waals surface area contributed by atoms with Gasteiger partial charge in [0.1, 0.15) is 0 Å². The second kappa shape index (κ2) is 4.19. The zero-order valence-corrected chi connectivity index (χ0v) is 7.95. The summed E-state index contributed by atoms with van der Waals surface area (Å²) in [4.78, 5) is 34.4. The lowest BCUT2D eigenvalue weighted by Gasteiger charge is -2.12. The molecule has 0 aromatic rings. The van der Waals surface area contributed by atoms with Crippen LogP contribution in [0.4, 0.5) is 0 Å². The number of nitrogens with zero attached hydrogens (tertiary/aromatic N) is 1. The van der Waals surface area contributed by atoms with E-state index in [9.17, 15) is 14.4 Å². The molecule has 3 amide bonds. The van der Waals surface area contributed by atoms with Gasteiger partial charge in [0.15, 0.2) is 0 Å². The Hall–Kier alpha value is -1.43. The molecule has 1 aliphatic rings. The number of carbonyl (C=O) groups excluding carboxylic acids is 3. The van der Waals surface area contributed by atoms with Crippen molar-refractivity contribution in [2.24, 2.45) is 5.73 Å². The molecule has 1 heterocycles. The molecule has 1 aliphatic heterocycles. The highest BCUT2D eigenvalue weighted by Crippen LogP contribution is 2.10. The number of hydrogen-bond donors (Lipinski definition) is 2. The molecular weight excluding hydrogens is 186 g/mol. The summed E-state index contributed by atoms with van der Waals surface area (Å²) in [6, 6.07) is -0.729. The zero-order chi connectivity index (χ0) is 10.7. The molecule has 0 saturated carbocycles. The van der Waals surface area contributed by atoms with E-state index >= 15 is 0 Å². The van der Waals surface area contributed by atoms with Gasteiger partial charge in [-0.05, 0) is 0 Å². The molecule has 0 spiro atoms.